The zero-order valence-corrected chi connectivity index (χ0v) is 12.9. The van der Waals surface area contributed by atoms with E-state index in [1.54, 1.807) is 11.8 Å². The molecule has 102 valence electrons. The third-order valence-corrected chi connectivity index (χ3v) is 4.29. The summed E-state index contributed by atoms with van der Waals surface area (Å²) in [4.78, 5) is 1.08. The molecule has 2 rings (SSSR count). The van der Waals surface area contributed by atoms with Crippen LogP contribution in [-0.2, 0) is 12.3 Å². The van der Waals surface area contributed by atoms with Gasteiger partial charge in [0.05, 0.1) is 22.3 Å². The van der Waals surface area contributed by atoms with Crippen LogP contribution in [0, 0.1) is 0 Å². The van der Waals surface area contributed by atoms with E-state index in [2.05, 4.69) is 12.2 Å². The normalized spacial score (nSPS) is 10.9. The molecule has 1 N–H and O–H groups in total. The van der Waals surface area contributed by atoms with Gasteiger partial charge in [-0.05, 0) is 36.9 Å². The highest BCUT2D eigenvalue weighted by Crippen LogP contribution is 2.30. The number of furan rings is 1. The maximum absolute atomic E-state index is 5.98. The van der Waals surface area contributed by atoms with Crippen molar-refractivity contribution in [3.05, 3.63) is 51.9 Å². The maximum atomic E-state index is 5.98. The van der Waals surface area contributed by atoms with Crippen LogP contribution in [0.25, 0.3) is 0 Å². The Morgan fingerprint density at radius 3 is 2.63 bits per heavy atom. The number of hydrogen-bond acceptors (Lipinski definition) is 3. The molecule has 0 spiro atoms. The molecule has 0 radical (unpaired) electrons. The van der Waals surface area contributed by atoms with Crippen LogP contribution in [0.15, 0.2) is 39.6 Å². The molecule has 0 fully saturated rings. The SMILES string of the molecule is CCNCc1ccc(CSc2ccc(Cl)c(Cl)c2)o1. The molecule has 0 aliphatic heterocycles. The third kappa shape index (κ3) is 4.46. The molecule has 0 aliphatic rings. The average molecular weight is 316 g/mol. The molecule has 1 heterocycles. The Kier molecular flexibility index (Phi) is 5.64. The van der Waals surface area contributed by atoms with Crippen LogP contribution < -0.4 is 5.32 Å². The summed E-state index contributed by atoms with van der Waals surface area (Å²) in [5.41, 5.74) is 0. The standard InChI is InChI=1S/C14H15Cl2NOS/c1-2-17-8-10-3-4-11(18-10)9-19-12-5-6-13(15)14(16)7-12/h3-7,17H,2,8-9H2,1H3. The summed E-state index contributed by atoms with van der Waals surface area (Å²) in [5, 5.41) is 4.40. The summed E-state index contributed by atoms with van der Waals surface area (Å²) in [6.45, 7) is 3.78. The van der Waals surface area contributed by atoms with E-state index in [0.717, 1.165) is 35.3 Å². The summed E-state index contributed by atoms with van der Waals surface area (Å²) < 4.78 is 5.72. The highest BCUT2D eigenvalue weighted by atomic mass is 35.5. The molecule has 2 aromatic rings. The minimum absolute atomic E-state index is 0.581. The molecular weight excluding hydrogens is 301 g/mol. The number of hydrogen-bond donors (Lipinski definition) is 1. The minimum atomic E-state index is 0.581. The van der Waals surface area contributed by atoms with Crippen LogP contribution in [0.2, 0.25) is 10.0 Å². The zero-order chi connectivity index (χ0) is 13.7. The van der Waals surface area contributed by atoms with Gasteiger partial charge in [0.15, 0.2) is 0 Å². The number of thioether (sulfide) groups is 1. The Hall–Kier alpha value is -0.610. The van der Waals surface area contributed by atoms with E-state index in [1.807, 2.05) is 30.3 Å². The Morgan fingerprint density at radius 1 is 1.11 bits per heavy atom. The van der Waals surface area contributed by atoms with Crippen LogP contribution in [0.4, 0.5) is 0 Å². The highest BCUT2D eigenvalue weighted by Gasteiger charge is 2.04. The van der Waals surface area contributed by atoms with Gasteiger partial charge in [-0.25, -0.2) is 0 Å². The zero-order valence-electron chi connectivity index (χ0n) is 10.6. The monoisotopic (exact) mass is 315 g/mol. The first kappa shape index (κ1) is 14.8. The van der Waals surface area contributed by atoms with E-state index in [-0.39, 0.29) is 0 Å². The highest BCUT2D eigenvalue weighted by molar-refractivity contribution is 7.98. The van der Waals surface area contributed by atoms with Crippen LogP contribution in [-0.4, -0.2) is 6.54 Å². The summed E-state index contributed by atoms with van der Waals surface area (Å²) >= 11 is 13.5. The van der Waals surface area contributed by atoms with E-state index in [0.29, 0.717) is 10.0 Å². The molecule has 0 saturated heterocycles. The van der Waals surface area contributed by atoms with Crippen molar-refractivity contribution in [2.75, 3.05) is 6.54 Å². The van der Waals surface area contributed by atoms with E-state index < -0.39 is 0 Å². The van der Waals surface area contributed by atoms with Gasteiger partial charge in [0, 0.05) is 4.90 Å². The van der Waals surface area contributed by atoms with Gasteiger partial charge in [-0.1, -0.05) is 30.1 Å². The second-order valence-corrected chi connectivity index (χ2v) is 5.88. The van der Waals surface area contributed by atoms with Gasteiger partial charge >= 0.3 is 0 Å². The molecule has 0 bridgehead atoms. The first-order valence-electron chi connectivity index (χ1n) is 6.05. The number of benzene rings is 1. The van der Waals surface area contributed by atoms with Crippen molar-refractivity contribution in [3.8, 4) is 0 Å². The predicted molar refractivity (Wildman–Crippen MR) is 82.1 cm³/mol. The Labute approximate surface area is 127 Å². The van der Waals surface area contributed by atoms with Crippen LogP contribution in [0.1, 0.15) is 18.4 Å². The fourth-order valence-corrected chi connectivity index (χ4v) is 2.76. The Bertz CT molecular complexity index is 542. The lowest BCUT2D eigenvalue weighted by Gasteiger charge is -2.02. The van der Waals surface area contributed by atoms with Crippen molar-refractivity contribution in [3.63, 3.8) is 0 Å². The maximum Gasteiger partial charge on any atom is 0.117 e. The summed E-state index contributed by atoms with van der Waals surface area (Å²) in [7, 11) is 0. The molecule has 2 nitrogen and oxygen atoms in total. The first-order valence-corrected chi connectivity index (χ1v) is 7.79. The van der Waals surface area contributed by atoms with Crippen molar-refractivity contribution in [2.45, 2.75) is 24.1 Å². The molecular formula is C14H15Cl2NOS. The summed E-state index contributed by atoms with van der Waals surface area (Å²) in [6, 6.07) is 9.66. The van der Waals surface area contributed by atoms with Crippen molar-refractivity contribution in [1.29, 1.82) is 0 Å². The van der Waals surface area contributed by atoms with Crippen molar-refractivity contribution in [1.82, 2.24) is 5.32 Å². The second kappa shape index (κ2) is 7.25. The van der Waals surface area contributed by atoms with Gasteiger partial charge in [0.1, 0.15) is 11.5 Å². The molecule has 5 heteroatoms. The van der Waals surface area contributed by atoms with Gasteiger partial charge < -0.3 is 9.73 Å². The van der Waals surface area contributed by atoms with E-state index in [1.165, 1.54) is 0 Å². The lowest BCUT2D eigenvalue weighted by atomic mass is 10.4. The van der Waals surface area contributed by atoms with Gasteiger partial charge in [-0.3, -0.25) is 0 Å². The fraction of sp³-hybridized carbons (Fsp3) is 0.286. The Balaban J connectivity index is 1.91. The smallest absolute Gasteiger partial charge is 0.117 e. The molecule has 19 heavy (non-hydrogen) atoms. The predicted octanol–water partition coefficient (Wildman–Crippen LogP) is 4.99. The van der Waals surface area contributed by atoms with Gasteiger partial charge in [-0.15, -0.1) is 11.8 Å². The molecule has 0 aliphatic carbocycles. The van der Waals surface area contributed by atoms with Gasteiger partial charge in [0.25, 0.3) is 0 Å². The van der Waals surface area contributed by atoms with Crippen LogP contribution in [0.5, 0.6) is 0 Å². The molecule has 0 unspecified atom stereocenters. The molecule has 0 saturated carbocycles. The lowest BCUT2D eigenvalue weighted by Crippen LogP contribution is -2.10. The van der Waals surface area contributed by atoms with Crippen molar-refractivity contribution in [2.24, 2.45) is 0 Å². The number of nitrogens with one attached hydrogen (secondary N) is 1. The van der Waals surface area contributed by atoms with Crippen LogP contribution in [0.3, 0.4) is 0 Å². The average Bonchev–Trinajstić information content (AvgIpc) is 2.86. The van der Waals surface area contributed by atoms with Crippen molar-refractivity contribution >= 4 is 35.0 Å². The van der Waals surface area contributed by atoms with Gasteiger partial charge in [-0.2, -0.15) is 0 Å². The fourth-order valence-electron chi connectivity index (χ4n) is 1.56. The molecule has 1 aromatic heterocycles. The largest absolute Gasteiger partial charge is 0.464 e. The third-order valence-electron chi connectivity index (χ3n) is 2.54. The van der Waals surface area contributed by atoms with E-state index >= 15 is 0 Å². The lowest BCUT2D eigenvalue weighted by molar-refractivity contribution is 0.463. The molecule has 1 aromatic carbocycles. The van der Waals surface area contributed by atoms with E-state index in [4.69, 9.17) is 27.6 Å². The molecule has 0 amide bonds. The molecule has 0 atom stereocenters. The van der Waals surface area contributed by atoms with Crippen LogP contribution >= 0.6 is 35.0 Å². The minimum Gasteiger partial charge on any atom is -0.464 e. The second-order valence-electron chi connectivity index (χ2n) is 4.01. The number of rotatable bonds is 6. The topological polar surface area (TPSA) is 25.2 Å². The van der Waals surface area contributed by atoms with E-state index in [9.17, 15) is 0 Å². The van der Waals surface area contributed by atoms with Gasteiger partial charge in [0.2, 0.25) is 0 Å². The van der Waals surface area contributed by atoms with Crippen molar-refractivity contribution < 1.29 is 4.42 Å². The summed E-state index contributed by atoms with van der Waals surface area (Å²) in [6.07, 6.45) is 0. The number of halogens is 2. The Morgan fingerprint density at radius 2 is 1.89 bits per heavy atom. The summed E-state index contributed by atoms with van der Waals surface area (Å²) in [5.74, 6) is 2.71. The first-order chi connectivity index (χ1) is 9.19. The quantitative estimate of drug-likeness (QED) is 0.760.